The average Bonchev–Trinajstić information content (AvgIpc) is 2.45. The molecule has 3 nitrogen and oxygen atoms in total. The summed E-state index contributed by atoms with van der Waals surface area (Å²) < 4.78 is -0.414. The van der Waals surface area contributed by atoms with Crippen molar-refractivity contribution < 1.29 is 0 Å². The number of nitrogens with zero attached hydrogens (tertiary/aromatic N) is 1. The Bertz CT molecular complexity index is 631. The topological polar surface area (TPSA) is 64.4 Å². The van der Waals surface area contributed by atoms with Crippen molar-refractivity contribution in [3.63, 3.8) is 0 Å². The van der Waals surface area contributed by atoms with Crippen LogP contribution < -0.4 is 11.6 Å². The molecule has 2 aromatic rings. The van der Waals surface area contributed by atoms with Gasteiger partial charge < -0.3 is 11.6 Å². The Labute approximate surface area is 142 Å². The molecule has 0 saturated heterocycles. The normalized spacial score (nSPS) is 12.4. The molecule has 104 valence electrons. The molecule has 0 saturated carbocycles. The molecule has 0 radical (unpaired) electrons. The highest BCUT2D eigenvalue weighted by atomic mass is 80.0. The molecule has 0 unspecified atom stereocenters. The van der Waals surface area contributed by atoms with Crippen molar-refractivity contribution in [1.29, 1.82) is 0 Å². The molecule has 2 rings (SSSR count). The molecule has 4 N–H and O–H groups in total. The van der Waals surface area contributed by atoms with Gasteiger partial charge in [-0.25, -0.2) is 0 Å². The van der Waals surface area contributed by atoms with Gasteiger partial charge in [0.2, 0.25) is 0 Å². The molecule has 2 aromatic carbocycles. The summed E-state index contributed by atoms with van der Waals surface area (Å²) in [5.74, 6) is 5.60. The summed E-state index contributed by atoms with van der Waals surface area (Å²) in [7, 11) is 0. The second-order valence-electron chi connectivity index (χ2n) is 4.14. The van der Waals surface area contributed by atoms with Crippen LogP contribution in [0.25, 0.3) is 11.1 Å². The fourth-order valence-electron chi connectivity index (χ4n) is 1.87. The molecule has 0 aliphatic heterocycles. The highest BCUT2D eigenvalue weighted by molar-refractivity contribution is 9.38. The Morgan fingerprint density at radius 2 is 1.55 bits per heavy atom. The Morgan fingerprint density at radius 3 is 2.10 bits per heavy atom. The Balaban J connectivity index is 2.48. The van der Waals surface area contributed by atoms with Gasteiger partial charge in [0.05, 0.1) is 0 Å². The van der Waals surface area contributed by atoms with Crippen LogP contribution in [0.15, 0.2) is 53.6 Å². The van der Waals surface area contributed by atoms with Gasteiger partial charge in [-0.3, -0.25) is 0 Å². The molecular weight excluding hydrogens is 450 g/mol. The van der Waals surface area contributed by atoms with Crippen molar-refractivity contribution in [2.75, 3.05) is 0 Å². The van der Waals surface area contributed by atoms with E-state index in [0.29, 0.717) is 5.84 Å². The van der Waals surface area contributed by atoms with E-state index < -0.39 is 2.14 Å². The molecule has 20 heavy (non-hydrogen) atoms. The Hall–Kier alpha value is -0.850. The minimum Gasteiger partial charge on any atom is -0.382 e. The predicted molar refractivity (Wildman–Crippen MR) is 95.2 cm³/mol. The summed E-state index contributed by atoms with van der Waals surface area (Å²) in [4.78, 5) is 0. The molecule has 0 aromatic heterocycles. The molecule has 0 bridgehead atoms. The fourth-order valence-corrected chi connectivity index (χ4v) is 2.66. The first-order chi connectivity index (χ1) is 9.43. The third kappa shape index (κ3) is 3.42. The number of hydrogen-bond donors (Lipinski definition) is 2. The second-order valence-corrected chi connectivity index (χ2v) is 10.9. The summed E-state index contributed by atoms with van der Waals surface area (Å²) in [6, 6.07) is 15.8. The van der Waals surface area contributed by atoms with E-state index in [2.05, 4.69) is 52.9 Å². The van der Waals surface area contributed by atoms with Gasteiger partial charge in [0.1, 0.15) is 0 Å². The maximum atomic E-state index is 5.83. The minimum absolute atomic E-state index is 0.320. The molecule has 0 spiro atoms. The first-order valence-electron chi connectivity index (χ1n) is 5.74. The zero-order valence-corrected chi connectivity index (χ0v) is 15.1. The van der Waals surface area contributed by atoms with Crippen LogP contribution >= 0.6 is 47.8 Å². The smallest absolute Gasteiger partial charge is 0.159 e. The van der Waals surface area contributed by atoms with Gasteiger partial charge in [-0.15, -0.1) is 0 Å². The Morgan fingerprint density at radius 1 is 0.950 bits per heavy atom. The average molecular weight is 462 g/mol. The Kier molecular flexibility index (Phi) is 4.88. The largest absolute Gasteiger partial charge is 0.382 e. The van der Waals surface area contributed by atoms with Gasteiger partial charge in [0.15, 0.2) is 7.98 Å². The van der Waals surface area contributed by atoms with E-state index >= 15 is 0 Å². The number of hydrazone groups is 1. The summed E-state index contributed by atoms with van der Waals surface area (Å²) >= 11 is 10.5. The minimum atomic E-state index is -0.414. The van der Waals surface area contributed by atoms with Crippen LogP contribution in [0.3, 0.4) is 0 Å². The van der Waals surface area contributed by atoms with Crippen molar-refractivity contribution in [2.24, 2.45) is 16.7 Å². The monoisotopic (exact) mass is 459 g/mol. The molecule has 0 heterocycles. The third-order valence-electron chi connectivity index (χ3n) is 2.87. The van der Waals surface area contributed by atoms with Gasteiger partial charge in [0.25, 0.3) is 0 Å². The van der Waals surface area contributed by atoms with Gasteiger partial charge in [-0.2, -0.15) is 5.10 Å². The molecule has 0 aliphatic rings. The van der Waals surface area contributed by atoms with E-state index in [9.17, 15) is 0 Å². The lowest BCUT2D eigenvalue weighted by molar-refractivity contribution is 1.23. The van der Waals surface area contributed by atoms with E-state index in [0.717, 1.165) is 22.3 Å². The zero-order valence-electron chi connectivity index (χ0n) is 10.4. The number of alkyl halides is 3. The van der Waals surface area contributed by atoms with Crippen molar-refractivity contribution in [3.8, 4) is 11.1 Å². The molecule has 0 fully saturated rings. The summed E-state index contributed by atoms with van der Waals surface area (Å²) in [6.07, 6.45) is 0. The maximum absolute atomic E-state index is 5.83. The number of hydrogen-bond acceptors (Lipinski definition) is 2. The van der Waals surface area contributed by atoms with Crippen molar-refractivity contribution >= 4 is 53.6 Å². The highest BCUT2D eigenvalue weighted by Gasteiger charge is 2.20. The zero-order chi connectivity index (χ0) is 14.8. The fraction of sp³-hybridized carbons (Fsp3) is 0.0714. The first kappa shape index (κ1) is 15.5. The first-order valence-corrected chi connectivity index (χ1v) is 8.12. The van der Waals surface area contributed by atoms with Crippen LogP contribution in [0.4, 0.5) is 0 Å². The van der Waals surface area contributed by atoms with Gasteiger partial charge >= 0.3 is 0 Å². The van der Waals surface area contributed by atoms with Gasteiger partial charge in [0, 0.05) is 5.56 Å². The predicted octanol–water partition coefficient (Wildman–Crippen LogP) is 4.23. The second kappa shape index (κ2) is 6.28. The summed E-state index contributed by atoms with van der Waals surface area (Å²) in [5, 5.41) is 3.57. The van der Waals surface area contributed by atoms with E-state index in [1.807, 2.05) is 48.5 Å². The lowest BCUT2D eigenvalue weighted by Gasteiger charge is -2.14. The van der Waals surface area contributed by atoms with Gasteiger partial charge in [-0.05, 0) is 16.7 Å². The van der Waals surface area contributed by atoms with Crippen molar-refractivity contribution in [3.05, 3.63) is 59.7 Å². The van der Waals surface area contributed by atoms with Crippen LogP contribution in [0.5, 0.6) is 0 Å². The quantitative estimate of drug-likeness (QED) is 0.231. The molecule has 6 heteroatoms. The van der Waals surface area contributed by atoms with Crippen LogP contribution in [-0.2, 0) is 2.14 Å². The van der Waals surface area contributed by atoms with E-state index in [1.165, 1.54) is 0 Å². The van der Waals surface area contributed by atoms with Crippen LogP contribution in [0.2, 0.25) is 0 Å². The van der Waals surface area contributed by atoms with E-state index in [-0.39, 0.29) is 0 Å². The van der Waals surface area contributed by atoms with Crippen LogP contribution in [0, 0.1) is 0 Å². The lowest BCUT2D eigenvalue weighted by atomic mass is 9.98. The molecule has 0 amide bonds. The number of nitrogens with two attached hydrogens (primary N) is 2. The summed E-state index contributed by atoms with van der Waals surface area (Å²) in [6.45, 7) is 0. The molecule has 0 atom stereocenters. The standard InChI is InChI=1S/C14H12Br3N3/c15-14(16,17)10-7-5-9(6-8-10)11-3-1-2-4-12(11)13(18)20-19/h1-8H,19H2,(H2,18,20). The molecule has 0 aliphatic carbocycles. The van der Waals surface area contributed by atoms with E-state index in [1.54, 1.807) is 0 Å². The molecular formula is C14H12Br3N3. The number of rotatable bonds is 2. The van der Waals surface area contributed by atoms with Crippen LogP contribution in [0.1, 0.15) is 11.1 Å². The summed E-state index contributed by atoms with van der Waals surface area (Å²) in [5.41, 5.74) is 9.76. The van der Waals surface area contributed by atoms with Crippen molar-refractivity contribution in [2.45, 2.75) is 2.14 Å². The number of halogens is 3. The highest BCUT2D eigenvalue weighted by Crippen LogP contribution is 2.44. The van der Waals surface area contributed by atoms with Gasteiger partial charge in [-0.1, -0.05) is 96.3 Å². The van der Waals surface area contributed by atoms with E-state index in [4.69, 9.17) is 11.6 Å². The third-order valence-corrected chi connectivity index (χ3v) is 4.24. The number of amidine groups is 1. The lowest BCUT2D eigenvalue weighted by Crippen LogP contribution is -2.16. The van der Waals surface area contributed by atoms with Crippen molar-refractivity contribution in [1.82, 2.24) is 0 Å². The van der Waals surface area contributed by atoms with Crippen LogP contribution in [-0.4, -0.2) is 5.84 Å². The number of benzene rings is 2. The maximum Gasteiger partial charge on any atom is 0.159 e. The SMILES string of the molecule is NN=C(N)c1ccccc1-c1ccc(C(Br)(Br)Br)cc1.